The zero-order valence-corrected chi connectivity index (χ0v) is 19.8. The standard InChI is InChI=1S/C23H23ClN2O6S/c1-30-17-10-12-22(32-3)20(14-17)26(33(28,29)18-7-5-4-6-8-18)15-23(27)25-19-13-16(24)9-11-21(19)31-2/h4-14H,15H2,1-3H3,(H,25,27). The number of nitrogens with zero attached hydrogens (tertiary/aromatic N) is 1. The summed E-state index contributed by atoms with van der Waals surface area (Å²) in [6, 6.07) is 17.2. The van der Waals surface area contributed by atoms with Crippen LogP contribution < -0.4 is 23.8 Å². The molecule has 0 saturated heterocycles. The maximum Gasteiger partial charge on any atom is 0.264 e. The van der Waals surface area contributed by atoms with Crippen LogP contribution in [-0.4, -0.2) is 42.2 Å². The third-order valence-electron chi connectivity index (χ3n) is 4.71. The van der Waals surface area contributed by atoms with Crippen molar-refractivity contribution in [3.8, 4) is 17.2 Å². The van der Waals surface area contributed by atoms with Gasteiger partial charge in [-0.2, -0.15) is 0 Å². The van der Waals surface area contributed by atoms with Crippen molar-refractivity contribution in [2.75, 3.05) is 37.5 Å². The Bertz CT molecular complexity index is 1230. The van der Waals surface area contributed by atoms with Crippen LogP contribution in [0.3, 0.4) is 0 Å². The minimum atomic E-state index is -4.14. The predicted octanol–water partition coefficient (Wildman–Crippen LogP) is 4.20. The van der Waals surface area contributed by atoms with Crippen LogP contribution in [0.5, 0.6) is 17.2 Å². The van der Waals surface area contributed by atoms with E-state index in [9.17, 15) is 13.2 Å². The lowest BCUT2D eigenvalue weighted by atomic mass is 10.2. The van der Waals surface area contributed by atoms with E-state index in [4.69, 9.17) is 25.8 Å². The number of hydrogen-bond donors (Lipinski definition) is 1. The molecule has 0 aliphatic carbocycles. The summed E-state index contributed by atoms with van der Waals surface area (Å²) in [5.41, 5.74) is 0.457. The molecule has 3 aromatic carbocycles. The van der Waals surface area contributed by atoms with Gasteiger partial charge in [-0.25, -0.2) is 8.42 Å². The molecule has 0 saturated carbocycles. The first-order valence-corrected chi connectivity index (χ1v) is 11.5. The van der Waals surface area contributed by atoms with E-state index in [0.29, 0.717) is 22.2 Å². The minimum absolute atomic E-state index is 0.0167. The number of amides is 1. The van der Waals surface area contributed by atoms with Gasteiger partial charge in [0.05, 0.1) is 37.6 Å². The van der Waals surface area contributed by atoms with Crippen LogP contribution in [0, 0.1) is 0 Å². The molecule has 0 aliphatic rings. The summed E-state index contributed by atoms with van der Waals surface area (Å²) in [4.78, 5) is 13.0. The van der Waals surface area contributed by atoms with Crippen LogP contribution in [0.2, 0.25) is 5.02 Å². The van der Waals surface area contributed by atoms with Gasteiger partial charge in [-0.1, -0.05) is 29.8 Å². The largest absolute Gasteiger partial charge is 0.497 e. The zero-order valence-electron chi connectivity index (χ0n) is 18.2. The van der Waals surface area contributed by atoms with E-state index in [1.807, 2.05) is 0 Å². The van der Waals surface area contributed by atoms with Crippen molar-refractivity contribution in [3.63, 3.8) is 0 Å². The van der Waals surface area contributed by atoms with Crippen LogP contribution in [-0.2, 0) is 14.8 Å². The van der Waals surface area contributed by atoms with Crippen LogP contribution in [0.25, 0.3) is 0 Å². The van der Waals surface area contributed by atoms with Crippen molar-refractivity contribution in [2.24, 2.45) is 0 Å². The van der Waals surface area contributed by atoms with E-state index in [2.05, 4.69) is 5.32 Å². The maximum absolute atomic E-state index is 13.6. The Balaban J connectivity index is 2.05. The molecule has 3 rings (SSSR count). The van der Waals surface area contributed by atoms with Gasteiger partial charge in [0.2, 0.25) is 5.91 Å². The fraction of sp³-hybridized carbons (Fsp3) is 0.174. The lowest BCUT2D eigenvalue weighted by Gasteiger charge is -2.26. The Morgan fingerprint density at radius 1 is 0.909 bits per heavy atom. The number of hydrogen-bond acceptors (Lipinski definition) is 6. The molecule has 0 spiro atoms. The van der Waals surface area contributed by atoms with Crippen LogP contribution in [0.15, 0.2) is 71.6 Å². The SMILES string of the molecule is COc1ccc(OC)c(N(CC(=O)Nc2cc(Cl)ccc2OC)S(=O)(=O)c2ccccc2)c1. The molecular formula is C23H23ClN2O6S. The Labute approximate surface area is 197 Å². The number of benzene rings is 3. The number of methoxy groups -OCH3 is 3. The normalized spacial score (nSPS) is 10.9. The van der Waals surface area contributed by atoms with E-state index in [0.717, 1.165) is 4.31 Å². The molecule has 174 valence electrons. The van der Waals surface area contributed by atoms with E-state index in [1.54, 1.807) is 42.5 Å². The Morgan fingerprint density at radius 3 is 2.21 bits per heavy atom. The summed E-state index contributed by atoms with van der Waals surface area (Å²) in [5, 5.41) is 3.05. The van der Waals surface area contributed by atoms with E-state index in [1.165, 1.54) is 45.6 Å². The summed E-state index contributed by atoms with van der Waals surface area (Å²) in [6.07, 6.45) is 0. The lowest BCUT2D eigenvalue weighted by molar-refractivity contribution is -0.114. The second-order valence-corrected chi connectivity index (χ2v) is 9.05. The first kappa shape index (κ1) is 24.2. The number of halogens is 1. The summed E-state index contributed by atoms with van der Waals surface area (Å²) in [5.74, 6) is 0.420. The number of carbonyl (C=O) groups is 1. The first-order chi connectivity index (χ1) is 15.8. The average molecular weight is 491 g/mol. The molecule has 8 nitrogen and oxygen atoms in total. The molecule has 3 aromatic rings. The number of rotatable bonds is 9. The van der Waals surface area contributed by atoms with Gasteiger partial charge in [0.1, 0.15) is 23.8 Å². The van der Waals surface area contributed by atoms with Crippen molar-refractivity contribution in [2.45, 2.75) is 4.90 Å². The van der Waals surface area contributed by atoms with Gasteiger partial charge in [-0.05, 0) is 42.5 Å². The van der Waals surface area contributed by atoms with E-state index in [-0.39, 0.29) is 16.3 Å². The van der Waals surface area contributed by atoms with Gasteiger partial charge in [-0.15, -0.1) is 0 Å². The molecule has 33 heavy (non-hydrogen) atoms. The molecular weight excluding hydrogens is 468 g/mol. The van der Waals surface area contributed by atoms with Crippen molar-refractivity contribution in [1.29, 1.82) is 0 Å². The third kappa shape index (κ3) is 5.50. The Kier molecular flexibility index (Phi) is 7.67. The molecule has 0 unspecified atom stereocenters. The molecule has 0 aliphatic heterocycles. The van der Waals surface area contributed by atoms with Gasteiger partial charge in [0.25, 0.3) is 10.0 Å². The molecule has 0 heterocycles. The number of carbonyl (C=O) groups excluding carboxylic acids is 1. The molecule has 0 aromatic heterocycles. The zero-order chi connectivity index (χ0) is 24.0. The van der Waals surface area contributed by atoms with Crippen molar-refractivity contribution >= 4 is 38.9 Å². The second-order valence-electron chi connectivity index (χ2n) is 6.76. The summed E-state index contributed by atoms with van der Waals surface area (Å²) in [7, 11) is 0.178. The highest BCUT2D eigenvalue weighted by Crippen LogP contribution is 2.36. The quantitative estimate of drug-likeness (QED) is 0.483. The summed E-state index contributed by atoms with van der Waals surface area (Å²) >= 11 is 6.04. The molecule has 10 heteroatoms. The average Bonchev–Trinajstić information content (AvgIpc) is 2.82. The summed E-state index contributed by atoms with van der Waals surface area (Å²) in [6.45, 7) is -0.545. The third-order valence-corrected chi connectivity index (χ3v) is 6.72. The molecule has 0 bridgehead atoms. The van der Waals surface area contributed by atoms with Gasteiger partial charge in [0.15, 0.2) is 0 Å². The van der Waals surface area contributed by atoms with Crippen LogP contribution >= 0.6 is 11.6 Å². The molecule has 1 amide bonds. The summed E-state index contributed by atoms with van der Waals surface area (Å²) < 4.78 is 44.0. The lowest BCUT2D eigenvalue weighted by Crippen LogP contribution is -2.38. The van der Waals surface area contributed by atoms with E-state index >= 15 is 0 Å². The van der Waals surface area contributed by atoms with Gasteiger partial charge in [-0.3, -0.25) is 9.10 Å². The second kappa shape index (κ2) is 10.5. The molecule has 0 radical (unpaired) electrons. The highest BCUT2D eigenvalue weighted by Gasteiger charge is 2.30. The molecule has 1 N–H and O–H groups in total. The molecule has 0 fully saturated rings. The number of nitrogens with one attached hydrogen (secondary N) is 1. The van der Waals surface area contributed by atoms with Gasteiger partial charge in [0, 0.05) is 11.1 Å². The fourth-order valence-corrected chi connectivity index (χ4v) is 4.73. The molecule has 0 atom stereocenters. The topological polar surface area (TPSA) is 94.2 Å². The Morgan fingerprint density at radius 2 is 1.58 bits per heavy atom. The smallest absolute Gasteiger partial charge is 0.264 e. The number of sulfonamides is 1. The monoisotopic (exact) mass is 490 g/mol. The number of anilines is 2. The predicted molar refractivity (Wildman–Crippen MR) is 127 cm³/mol. The highest BCUT2D eigenvalue weighted by molar-refractivity contribution is 7.92. The maximum atomic E-state index is 13.6. The fourth-order valence-electron chi connectivity index (χ4n) is 3.11. The highest BCUT2D eigenvalue weighted by atomic mass is 35.5. The van der Waals surface area contributed by atoms with Crippen molar-refractivity contribution < 1.29 is 27.4 Å². The van der Waals surface area contributed by atoms with Crippen molar-refractivity contribution in [1.82, 2.24) is 0 Å². The number of ether oxygens (including phenoxy) is 3. The van der Waals surface area contributed by atoms with Gasteiger partial charge < -0.3 is 19.5 Å². The van der Waals surface area contributed by atoms with Crippen LogP contribution in [0.4, 0.5) is 11.4 Å². The minimum Gasteiger partial charge on any atom is -0.497 e. The van der Waals surface area contributed by atoms with Gasteiger partial charge >= 0.3 is 0 Å². The van der Waals surface area contributed by atoms with Crippen LogP contribution in [0.1, 0.15) is 0 Å². The Hall–Kier alpha value is -3.43. The first-order valence-electron chi connectivity index (χ1n) is 9.73. The van der Waals surface area contributed by atoms with Crippen molar-refractivity contribution in [3.05, 3.63) is 71.8 Å². The van der Waals surface area contributed by atoms with E-state index < -0.39 is 22.5 Å².